The van der Waals surface area contributed by atoms with Gasteiger partial charge in [0.1, 0.15) is 0 Å². The van der Waals surface area contributed by atoms with E-state index in [0.29, 0.717) is 18.3 Å². The highest BCUT2D eigenvalue weighted by Gasteiger charge is 2.19. The Labute approximate surface area is 180 Å². The quantitative estimate of drug-likeness (QED) is 0.298. The fourth-order valence-electron chi connectivity index (χ4n) is 3.16. The molecule has 1 saturated heterocycles. The molecule has 0 saturated carbocycles. The normalized spacial score (nSPS) is 16.5. The molecule has 1 heterocycles. The fraction of sp³-hybridized carbons (Fsp3) is 0.611. The number of aliphatic imine (C=N–C) groups is 1. The molecule has 7 nitrogen and oxygen atoms in total. The van der Waals surface area contributed by atoms with Crippen LogP contribution in [0.1, 0.15) is 31.7 Å². The Kier molecular flexibility index (Phi) is 10.4. The van der Waals surface area contributed by atoms with Crippen molar-refractivity contribution in [3.63, 3.8) is 0 Å². The van der Waals surface area contributed by atoms with E-state index in [4.69, 9.17) is 0 Å². The van der Waals surface area contributed by atoms with Crippen LogP contribution in [0.25, 0.3) is 0 Å². The van der Waals surface area contributed by atoms with E-state index < -0.39 is 10.0 Å². The van der Waals surface area contributed by atoms with Gasteiger partial charge >= 0.3 is 0 Å². The Morgan fingerprint density at radius 2 is 1.93 bits per heavy atom. The summed E-state index contributed by atoms with van der Waals surface area (Å²) in [6.45, 7) is 6.11. The van der Waals surface area contributed by atoms with Gasteiger partial charge in [-0.25, -0.2) is 8.42 Å². The van der Waals surface area contributed by atoms with E-state index in [0.717, 1.165) is 43.7 Å². The SMILES string of the molecule is CCCN1CCC(NC(=NC)NCc2ccccc2NS(C)(=O)=O)CC1.I. The standard InChI is InChI=1S/C18H31N5O2S.HI/c1-4-11-23-12-9-16(10-13-23)21-18(19-2)20-14-15-7-5-6-8-17(15)22-26(3,24)25;/h5-8,16,22H,4,9-14H2,1-3H3,(H2,19,20,21);1H. The zero-order valence-electron chi connectivity index (χ0n) is 16.4. The molecule has 0 unspecified atom stereocenters. The maximum Gasteiger partial charge on any atom is 0.229 e. The first kappa shape index (κ1) is 24.0. The topological polar surface area (TPSA) is 85.8 Å². The van der Waals surface area contributed by atoms with Crippen molar-refractivity contribution in [2.45, 2.75) is 38.8 Å². The lowest BCUT2D eigenvalue weighted by Gasteiger charge is -2.32. The van der Waals surface area contributed by atoms with Crippen molar-refractivity contribution < 1.29 is 8.42 Å². The zero-order valence-corrected chi connectivity index (χ0v) is 19.5. The van der Waals surface area contributed by atoms with Crippen molar-refractivity contribution >= 4 is 45.6 Å². The van der Waals surface area contributed by atoms with Crippen molar-refractivity contribution in [2.24, 2.45) is 4.99 Å². The number of likely N-dealkylation sites (tertiary alicyclic amines) is 1. The molecular weight excluding hydrogens is 477 g/mol. The molecule has 0 aromatic heterocycles. The molecule has 1 aromatic rings. The molecular formula is C18H32IN5O2S. The molecule has 1 aliphatic rings. The van der Waals surface area contributed by atoms with Crippen LogP contribution in [0.5, 0.6) is 0 Å². The number of anilines is 1. The largest absolute Gasteiger partial charge is 0.354 e. The van der Waals surface area contributed by atoms with Gasteiger partial charge in [-0.05, 0) is 37.4 Å². The summed E-state index contributed by atoms with van der Waals surface area (Å²) in [4.78, 5) is 6.80. The second kappa shape index (κ2) is 11.7. The van der Waals surface area contributed by atoms with Gasteiger partial charge in [-0.1, -0.05) is 25.1 Å². The van der Waals surface area contributed by atoms with Crippen LogP contribution in [-0.2, 0) is 16.6 Å². The molecule has 0 amide bonds. The highest BCUT2D eigenvalue weighted by Crippen LogP contribution is 2.16. The lowest BCUT2D eigenvalue weighted by atomic mass is 10.1. The smallest absolute Gasteiger partial charge is 0.229 e. The van der Waals surface area contributed by atoms with Crippen LogP contribution in [0.15, 0.2) is 29.3 Å². The number of nitrogens with one attached hydrogen (secondary N) is 3. The maximum absolute atomic E-state index is 11.5. The molecule has 2 rings (SSSR count). The third-order valence-electron chi connectivity index (χ3n) is 4.45. The molecule has 1 fully saturated rings. The predicted octanol–water partition coefficient (Wildman–Crippen LogP) is 2.22. The van der Waals surface area contributed by atoms with Crippen LogP contribution in [0.2, 0.25) is 0 Å². The number of rotatable bonds is 7. The summed E-state index contributed by atoms with van der Waals surface area (Å²) in [5, 5.41) is 6.77. The average molecular weight is 509 g/mol. The third-order valence-corrected chi connectivity index (χ3v) is 5.04. The number of para-hydroxylation sites is 1. The average Bonchev–Trinajstić information content (AvgIpc) is 2.60. The summed E-state index contributed by atoms with van der Waals surface area (Å²) in [7, 11) is -1.55. The minimum absolute atomic E-state index is 0. The van der Waals surface area contributed by atoms with E-state index in [-0.39, 0.29) is 24.0 Å². The van der Waals surface area contributed by atoms with Crippen molar-refractivity contribution in [1.82, 2.24) is 15.5 Å². The van der Waals surface area contributed by atoms with Crippen LogP contribution in [0.3, 0.4) is 0 Å². The number of benzene rings is 1. The molecule has 0 radical (unpaired) electrons. The van der Waals surface area contributed by atoms with Gasteiger partial charge in [-0.2, -0.15) is 0 Å². The first-order chi connectivity index (χ1) is 12.4. The first-order valence-corrected chi connectivity index (χ1v) is 11.1. The summed E-state index contributed by atoms with van der Waals surface area (Å²) in [6, 6.07) is 7.78. The van der Waals surface area contributed by atoms with Crippen LogP contribution < -0.4 is 15.4 Å². The van der Waals surface area contributed by atoms with Crippen molar-refractivity contribution in [2.75, 3.05) is 37.7 Å². The highest BCUT2D eigenvalue weighted by atomic mass is 127. The van der Waals surface area contributed by atoms with Gasteiger partial charge < -0.3 is 15.5 Å². The summed E-state index contributed by atoms with van der Waals surface area (Å²) in [5.41, 5.74) is 1.46. The lowest BCUT2D eigenvalue weighted by Crippen LogP contribution is -2.48. The number of sulfonamides is 1. The van der Waals surface area contributed by atoms with E-state index in [1.54, 1.807) is 13.1 Å². The van der Waals surface area contributed by atoms with Crippen molar-refractivity contribution in [3.8, 4) is 0 Å². The molecule has 9 heteroatoms. The van der Waals surface area contributed by atoms with E-state index in [2.05, 4.69) is 32.2 Å². The van der Waals surface area contributed by atoms with E-state index in [1.807, 2.05) is 18.2 Å². The monoisotopic (exact) mass is 509 g/mol. The van der Waals surface area contributed by atoms with Crippen LogP contribution in [0, 0.1) is 0 Å². The first-order valence-electron chi connectivity index (χ1n) is 9.16. The Balaban J connectivity index is 0.00000364. The number of piperidine rings is 1. The molecule has 0 spiro atoms. The fourth-order valence-corrected chi connectivity index (χ4v) is 3.76. The van der Waals surface area contributed by atoms with Crippen LogP contribution in [-0.4, -0.2) is 58.3 Å². The Morgan fingerprint density at radius 3 is 2.52 bits per heavy atom. The minimum Gasteiger partial charge on any atom is -0.354 e. The molecule has 0 bridgehead atoms. The van der Waals surface area contributed by atoms with Gasteiger partial charge in [0.05, 0.1) is 11.9 Å². The van der Waals surface area contributed by atoms with E-state index >= 15 is 0 Å². The molecule has 1 aromatic carbocycles. The van der Waals surface area contributed by atoms with Crippen LogP contribution >= 0.6 is 24.0 Å². The van der Waals surface area contributed by atoms with Gasteiger partial charge in [-0.3, -0.25) is 9.71 Å². The minimum atomic E-state index is -3.30. The summed E-state index contributed by atoms with van der Waals surface area (Å²) in [5.74, 6) is 0.744. The van der Waals surface area contributed by atoms with Crippen molar-refractivity contribution in [3.05, 3.63) is 29.8 Å². The summed E-state index contributed by atoms with van der Waals surface area (Å²) >= 11 is 0. The molecule has 154 valence electrons. The number of guanidine groups is 1. The summed E-state index contributed by atoms with van der Waals surface area (Å²) in [6.07, 6.45) is 4.56. The van der Waals surface area contributed by atoms with Crippen molar-refractivity contribution in [1.29, 1.82) is 0 Å². The molecule has 0 atom stereocenters. The third kappa shape index (κ3) is 8.65. The van der Waals surface area contributed by atoms with E-state index in [1.165, 1.54) is 13.0 Å². The molecule has 0 aliphatic carbocycles. The highest BCUT2D eigenvalue weighted by molar-refractivity contribution is 14.0. The van der Waals surface area contributed by atoms with E-state index in [9.17, 15) is 8.42 Å². The zero-order chi connectivity index (χ0) is 19.0. The number of halogens is 1. The number of hydrogen-bond acceptors (Lipinski definition) is 4. The lowest BCUT2D eigenvalue weighted by molar-refractivity contribution is 0.206. The maximum atomic E-state index is 11.5. The Morgan fingerprint density at radius 1 is 1.26 bits per heavy atom. The van der Waals surface area contributed by atoms with Gasteiger partial charge in [0, 0.05) is 32.7 Å². The second-order valence-electron chi connectivity index (χ2n) is 6.72. The van der Waals surface area contributed by atoms with Crippen LogP contribution in [0.4, 0.5) is 5.69 Å². The van der Waals surface area contributed by atoms with Gasteiger partial charge in [-0.15, -0.1) is 24.0 Å². The number of hydrogen-bond donors (Lipinski definition) is 3. The Bertz CT molecular complexity index is 703. The molecule has 1 aliphatic heterocycles. The second-order valence-corrected chi connectivity index (χ2v) is 8.47. The Hall–Kier alpha value is -1.07. The predicted molar refractivity (Wildman–Crippen MR) is 123 cm³/mol. The van der Waals surface area contributed by atoms with Gasteiger partial charge in [0.2, 0.25) is 10.0 Å². The van der Waals surface area contributed by atoms with Gasteiger partial charge in [0.15, 0.2) is 5.96 Å². The summed E-state index contributed by atoms with van der Waals surface area (Å²) < 4.78 is 25.6. The number of nitrogens with zero attached hydrogens (tertiary/aromatic N) is 2. The molecule has 27 heavy (non-hydrogen) atoms. The van der Waals surface area contributed by atoms with Gasteiger partial charge in [0.25, 0.3) is 0 Å². The molecule has 3 N–H and O–H groups in total.